The second kappa shape index (κ2) is 7.35. The molecule has 0 heterocycles. The third kappa shape index (κ3) is 4.25. The molecular formula is C17H27NS. The summed E-state index contributed by atoms with van der Waals surface area (Å²) in [4.78, 5) is 1.35. The lowest BCUT2D eigenvalue weighted by molar-refractivity contribution is 0.205. The van der Waals surface area contributed by atoms with Crippen molar-refractivity contribution >= 4 is 11.8 Å². The Labute approximate surface area is 122 Å². The van der Waals surface area contributed by atoms with E-state index in [2.05, 4.69) is 38.1 Å². The Balaban J connectivity index is 1.85. The number of hydrogen-bond donors (Lipinski definition) is 1. The highest BCUT2D eigenvalue weighted by atomic mass is 32.2. The van der Waals surface area contributed by atoms with Crippen molar-refractivity contribution in [3.63, 3.8) is 0 Å². The monoisotopic (exact) mass is 277 g/mol. The molecule has 106 valence electrons. The molecule has 1 fully saturated rings. The highest BCUT2D eigenvalue weighted by Crippen LogP contribution is 2.35. The van der Waals surface area contributed by atoms with Crippen LogP contribution in [-0.2, 0) is 0 Å². The number of hydrogen-bond acceptors (Lipinski definition) is 2. The van der Waals surface area contributed by atoms with Gasteiger partial charge < -0.3 is 5.73 Å². The zero-order chi connectivity index (χ0) is 13.7. The fourth-order valence-corrected chi connectivity index (χ4v) is 4.22. The molecule has 0 bridgehead atoms. The minimum atomic E-state index is 0.358. The van der Waals surface area contributed by atoms with E-state index in [0.717, 1.165) is 17.6 Å². The largest absolute Gasteiger partial charge is 0.327 e. The topological polar surface area (TPSA) is 26.0 Å². The van der Waals surface area contributed by atoms with Crippen LogP contribution in [-0.4, -0.2) is 11.8 Å². The van der Waals surface area contributed by atoms with Crippen LogP contribution in [0.25, 0.3) is 0 Å². The number of thioether (sulfide) groups is 1. The summed E-state index contributed by atoms with van der Waals surface area (Å²) >= 11 is 1.92. The van der Waals surface area contributed by atoms with Gasteiger partial charge in [-0.05, 0) is 37.3 Å². The molecule has 2 heteroatoms. The van der Waals surface area contributed by atoms with Gasteiger partial charge in [-0.1, -0.05) is 50.3 Å². The van der Waals surface area contributed by atoms with E-state index in [0.29, 0.717) is 6.04 Å². The normalized spacial score (nSPS) is 25.2. The van der Waals surface area contributed by atoms with Gasteiger partial charge in [-0.3, -0.25) is 0 Å². The van der Waals surface area contributed by atoms with Crippen LogP contribution in [0.1, 0.15) is 44.6 Å². The Bertz CT molecular complexity index is 373. The summed E-state index contributed by atoms with van der Waals surface area (Å²) in [6, 6.07) is 9.15. The molecule has 1 saturated carbocycles. The summed E-state index contributed by atoms with van der Waals surface area (Å²) in [5, 5.41) is 0. The Morgan fingerprint density at radius 3 is 2.58 bits per heavy atom. The fourth-order valence-electron chi connectivity index (χ4n) is 3.26. The Morgan fingerprint density at radius 2 is 1.89 bits per heavy atom. The first-order valence-electron chi connectivity index (χ1n) is 7.65. The van der Waals surface area contributed by atoms with E-state index in [9.17, 15) is 0 Å². The zero-order valence-corrected chi connectivity index (χ0v) is 13.1. The van der Waals surface area contributed by atoms with Crippen LogP contribution in [0.3, 0.4) is 0 Å². The van der Waals surface area contributed by atoms with E-state index in [1.165, 1.54) is 42.6 Å². The molecule has 0 aromatic heterocycles. The number of aryl methyl sites for hydroxylation is 1. The van der Waals surface area contributed by atoms with Crippen LogP contribution in [0.4, 0.5) is 0 Å². The van der Waals surface area contributed by atoms with Crippen molar-refractivity contribution < 1.29 is 0 Å². The molecule has 1 aromatic rings. The van der Waals surface area contributed by atoms with Crippen molar-refractivity contribution in [3.8, 4) is 0 Å². The third-order valence-corrected chi connectivity index (χ3v) is 5.66. The second-order valence-electron chi connectivity index (χ2n) is 5.90. The maximum absolute atomic E-state index is 6.47. The first-order valence-corrected chi connectivity index (χ1v) is 8.64. The first-order chi connectivity index (χ1) is 9.20. The lowest BCUT2D eigenvalue weighted by atomic mass is 9.75. The molecule has 3 unspecified atom stereocenters. The number of benzene rings is 1. The van der Waals surface area contributed by atoms with Gasteiger partial charge in [-0.25, -0.2) is 0 Å². The minimum absolute atomic E-state index is 0.358. The van der Waals surface area contributed by atoms with E-state index in [1.807, 2.05) is 11.8 Å². The molecule has 1 aromatic carbocycles. The van der Waals surface area contributed by atoms with Crippen LogP contribution in [0, 0.1) is 18.8 Å². The Morgan fingerprint density at radius 1 is 1.21 bits per heavy atom. The van der Waals surface area contributed by atoms with Gasteiger partial charge in [-0.2, -0.15) is 0 Å². The third-order valence-electron chi connectivity index (χ3n) is 4.51. The van der Waals surface area contributed by atoms with Crippen LogP contribution in [0.2, 0.25) is 0 Å². The Kier molecular flexibility index (Phi) is 5.77. The lowest BCUT2D eigenvalue weighted by Crippen LogP contribution is -2.38. The minimum Gasteiger partial charge on any atom is -0.327 e. The van der Waals surface area contributed by atoms with Crippen LogP contribution in [0.5, 0.6) is 0 Å². The fraction of sp³-hybridized carbons (Fsp3) is 0.647. The molecule has 19 heavy (non-hydrogen) atoms. The molecule has 0 radical (unpaired) electrons. The highest BCUT2D eigenvalue weighted by Gasteiger charge is 2.28. The predicted octanol–water partition coefficient (Wildman–Crippen LogP) is 4.63. The van der Waals surface area contributed by atoms with Crippen LogP contribution < -0.4 is 5.73 Å². The zero-order valence-electron chi connectivity index (χ0n) is 12.3. The smallest absolute Gasteiger partial charge is 0.0165 e. The lowest BCUT2D eigenvalue weighted by Gasteiger charge is -2.35. The molecule has 1 nitrogen and oxygen atoms in total. The van der Waals surface area contributed by atoms with Gasteiger partial charge in [0.25, 0.3) is 0 Å². The molecule has 0 amide bonds. The molecule has 0 aliphatic heterocycles. The van der Waals surface area contributed by atoms with Crippen LogP contribution >= 0.6 is 11.8 Å². The van der Waals surface area contributed by atoms with E-state index >= 15 is 0 Å². The molecule has 0 saturated heterocycles. The van der Waals surface area contributed by atoms with Gasteiger partial charge in [0.05, 0.1) is 0 Å². The van der Waals surface area contributed by atoms with Crippen molar-refractivity contribution in [1.82, 2.24) is 0 Å². The summed E-state index contributed by atoms with van der Waals surface area (Å²) in [6.45, 7) is 4.46. The average molecular weight is 277 g/mol. The van der Waals surface area contributed by atoms with Gasteiger partial charge in [-0.15, -0.1) is 11.8 Å². The maximum Gasteiger partial charge on any atom is 0.0165 e. The summed E-state index contributed by atoms with van der Waals surface area (Å²) in [6.07, 6.45) is 6.82. The highest BCUT2D eigenvalue weighted by molar-refractivity contribution is 7.99. The first kappa shape index (κ1) is 14.9. The summed E-state index contributed by atoms with van der Waals surface area (Å²) in [7, 11) is 0. The second-order valence-corrected chi connectivity index (χ2v) is 7.00. The van der Waals surface area contributed by atoms with Crippen LogP contribution in [0.15, 0.2) is 29.2 Å². The van der Waals surface area contributed by atoms with Gasteiger partial charge in [0.1, 0.15) is 0 Å². The van der Waals surface area contributed by atoms with E-state index < -0.39 is 0 Å². The standard InChI is InChI=1S/C17H27NS/c1-3-14-6-4-5-7-16(14)17(18)12-19-15-10-8-13(2)9-11-15/h8-11,14,16-17H,3-7,12,18H2,1-2H3. The number of rotatable bonds is 5. The van der Waals surface area contributed by atoms with Crippen molar-refractivity contribution in [2.45, 2.75) is 56.9 Å². The van der Waals surface area contributed by atoms with Gasteiger partial charge in [0, 0.05) is 16.7 Å². The molecule has 1 aliphatic carbocycles. The molecule has 2 rings (SSSR count). The molecule has 2 N–H and O–H groups in total. The molecule has 0 spiro atoms. The summed E-state index contributed by atoms with van der Waals surface area (Å²) in [5.74, 6) is 2.67. The predicted molar refractivity (Wildman–Crippen MR) is 85.6 cm³/mol. The quantitative estimate of drug-likeness (QED) is 0.794. The Hall–Kier alpha value is -0.470. The summed E-state index contributed by atoms with van der Waals surface area (Å²) < 4.78 is 0. The van der Waals surface area contributed by atoms with Crippen molar-refractivity contribution in [2.75, 3.05) is 5.75 Å². The maximum atomic E-state index is 6.47. The van der Waals surface area contributed by atoms with Gasteiger partial charge in [0.15, 0.2) is 0 Å². The van der Waals surface area contributed by atoms with Gasteiger partial charge in [0.2, 0.25) is 0 Å². The van der Waals surface area contributed by atoms with Crippen molar-refractivity contribution in [1.29, 1.82) is 0 Å². The average Bonchev–Trinajstić information content (AvgIpc) is 2.46. The molecule has 3 atom stereocenters. The molecular weight excluding hydrogens is 250 g/mol. The number of nitrogens with two attached hydrogens (primary N) is 1. The van der Waals surface area contributed by atoms with E-state index in [1.54, 1.807) is 0 Å². The molecule has 1 aliphatic rings. The summed E-state index contributed by atoms with van der Waals surface area (Å²) in [5.41, 5.74) is 7.80. The van der Waals surface area contributed by atoms with Gasteiger partial charge >= 0.3 is 0 Å². The SMILES string of the molecule is CCC1CCCCC1C(N)CSc1ccc(C)cc1. The van der Waals surface area contributed by atoms with E-state index in [-0.39, 0.29) is 0 Å². The van der Waals surface area contributed by atoms with Crippen molar-refractivity contribution in [3.05, 3.63) is 29.8 Å². The van der Waals surface area contributed by atoms with E-state index in [4.69, 9.17) is 5.73 Å². The van der Waals surface area contributed by atoms with Crippen molar-refractivity contribution in [2.24, 2.45) is 17.6 Å².